The van der Waals surface area contributed by atoms with Gasteiger partial charge >= 0.3 is 0 Å². The molecule has 0 saturated carbocycles. The highest BCUT2D eigenvalue weighted by atomic mass is 35.5. The molecule has 5 nitrogen and oxygen atoms in total. The predicted molar refractivity (Wildman–Crippen MR) is 121 cm³/mol. The van der Waals surface area contributed by atoms with E-state index in [1.54, 1.807) is 24.5 Å². The van der Waals surface area contributed by atoms with Crippen LogP contribution in [-0.4, -0.2) is 46.0 Å². The van der Waals surface area contributed by atoms with Crippen LogP contribution < -0.4 is 4.90 Å². The number of nitrogens with zero attached hydrogens (tertiary/aromatic N) is 5. The monoisotopic (exact) mass is 457 g/mol. The third kappa shape index (κ3) is 6.51. The van der Waals surface area contributed by atoms with Gasteiger partial charge < -0.3 is 4.90 Å². The first-order valence-electron chi connectivity index (χ1n) is 8.73. The molecule has 1 fully saturated rings. The molecule has 0 unspecified atom stereocenters. The summed E-state index contributed by atoms with van der Waals surface area (Å²) in [5, 5.41) is 0. The van der Waals surface area contributed by atoms with E-state index in [1.165, 1.54) is 12.1 Å². The fraction of sp³-hybridized carbons (Fsp3) is 0.250. The van der Waals surface area contributed by atoms with E-state index in [0.29, 0.717) is 0 Å². The summed E-state index contributed by atoms with van der Waals surface area (Å²) in [6.07, 6.45) is 5.38. The number of hydrogen-bond acceptors (Lipinski definition) is 5. The smallest absolute Gasteiger partial charge is 0.225 e. The Balaban J connectivity index is 0.00000140. The summed E-state index contributed by atoms with van der Waals surface area (Å²) >= 11 is 0. The molecular weight excluding hydrogens is 436 g/mol. The highest BCUT2D eigenvalue weighted by Crippen LogP contribution is 2.21. The predicted octanol–water partition coefficient (Wildman–Crippen LogP) is 4.27. The Hall–Kier alpha value is -1.99. The van der Waals surface area contributed by atoms with Crippen LogP contribution in [0.3, 0.4) is 0 Å². The van der Waals surface area contributed by atoms with Gasteiger partial charge in [-0.1, -0.05) is 12.1 Å². The summed E-state index contributed by atoms with van der Waals surface area (Å²) in [6.45, 7) is 4.50. The van der Waals surface area contributed by atoms with Crippen LogP contribution in [0.1, 0.15) is 5.69 Å². The minimum atomic E-state index is -0.219. The molecule has 3 heterocycles. The van der Waals surface area contributed by atoms with Gasteiger partial charge in [-0.2, -0.15) is 0 Å². The van der Waals surface area contributed by atoms with Crippen LogP contribution in [0.4, 0.5) is 10.3 Å². The molecule has 29 heavy (non-hydrogen) atoms. The van der Waals surface area contributed by atoms with E-state index in [9.17, 15) is 4.39 Å². The lowest BCUT2D eigenvalue weighted by atomic mass is 10.1. The number of hydrogen-bond donors (Lipinski definition) is 0. The molecule has 0 N–H and O–H groups in total. The van der Waals surface area contributed by atoms with Crippen LogP contribution in [0.25, 0.3) is 11.1 Å². The summed E-state index contributed by atoms with van der Waals surface area (Å²) in [6, 6.07) is 12.4. The van der Waals surface area contributed by atoms with E-state index in [2.05, 4.69) is 30.8 Å². The fourth-order valence-electron chi connectivity index (χ4n) is 3.18. The van der Waals surface area contributed by atoms with Crippen LogP contribution in [0.2, 0.25) is 0 Å². The lowest BCUT2D eigenvalue weighted by Gasteiger charge is -2.34. The maximum Gasteiger partial charge on any atom is 0.225 e. The molecule has 1 aromatic carbocycles. The normalized spacial score (nSPS) is 13.6. The molecule has 0 aliphatic carbocycles. The number of halogens is 4. The quantitative estimate of drug-likeness (QED) is 0.584. The van der Waals surface area contributed by atoms with Crippen molar-refractivity contribution in [2.24, 2.45) is 0 Å². The number of piperazine rings is 1. The maximum absolute atomic E-state index is 13.1. The Bertz CT molecular complexity index is 860. The van der Waals surface area contributed by atoms with Crippen LogP contribution in [0.15, 0.2) is 61.1 Å². The molecule has 0 radical (unpaired) electrons. The SMILES string of the molecule is Cl.Cl.Cl.Fc1ccc(-c2ccnc(CN3CCN(c4ncccn4)CC3)c2)cc1. The van der Waals surface area contributed by atoms with Crippen molar-refractivity contribution in [3.8, 4) is 11.1 Å². The molecule has 1 saturated heterocycles. The average molecular weight is 459 g/mol. The number of anilines is 1. The zero-order valence-electron chi connectivity index (χ0n) is 15.6. The topological polar surface area (TPSA) is 45.2 Å². The molecule has 0 atom stereocenters. The van der Waals surface area contributed by atoms with Gasteiger partial charge in [0.15, 0.2) is 0 Å². The molecule has 156 valence electrons. The van der Waals surface area contributed by atoms with E-state index >= 15 is 0 Å². The molecular formula is C20H23Cl3FN5. The molecule has 0 bridgehead atoms. The summed E-state index contributed by atoms with van der Waals surface area (Å²) < 4.78 is 13.1. The molecule has 2 aromatic heterocycles. The van der Waals surface area contributed by atoms with Crippen molar-refractivity contribution in [2.75, 3.05) is 31.1 Å². The first-order valence-corrected chi connectivity index (χ1v) is 8.73. The summed E-state index contributed by atoms with van der Waals surface area (Å²) in [4.78, 5) is 17.7. The minimum Gasteiger partial charge on any atom is -0.338 e. The minimum absolute atomic E-state index is 0. The lowest BCUT2D eigenvalue weighted by Crippen LogP contribution is -2.46. The van der Waals surface area contributed by atoms with Gasteiger partial charge in [0.1, 0.15) is 5.82 Å². The fourth-order valence-corrected chi connectivity index (χ4v) is 3.18. The van der Waals surface area contributed by atoms with E-state index in [1.807, 2.05) is 18.3 Å². The molecule has 0 amide bonds. The highest BCUT2D eigenvalue weighted by molar-refractivity contribution is 5.86. The Morgan fingerprint density at radius 2 is 1.41 bits per heavy atom. The molecule has 9 heteroatoms. The lowest BCUT2D eigenvalue weighted by molar-refractivity contribution is 0.246. The van der Waals surface area contributed by atoms with Crippen LogP contribution in [-0.2, 0) is 6.54 Å². The largest absolute Gasteiger partial charge is 0.338 e. The Kier molecular flexibility index (Phi) is 10.3. The molecule has 3 aromatic rings. The van der Waals surface area contributed by atoms with Crippen molar-refractivity contribution < 1.29 is 4.39 Å². The van der Waals surface area contributed by atoms with Crippen molar-refractivity contribution in [3.05, 3.63) is 72.6 Å². The third-order valence-electron chi connectivity index (χ3n) is 4.59. The maximum atomic E-state index is 13.1. The van der Waals surface area contributed by atoms with Crippen LogP contribution in [0.5, 0.6) is 0 Å². The van der Waals surface area contributed by atoms with Gasteiger partial charge in [0, 0.05) is 51.3 Å². The van der Waals surface area contributed by atoms with Crippen LogP contribution in [0, 0.1) is 5.82 Å². The van der Waals surface area contributed by atoms with Gasteiger partial charge in [0.2, 0.25) is 5.95 Å². The number of aromatic nitrogens is 3. The molecule has 0 spiro atoms. The third-order valence-corrected chi connectivity index (χ3v) is 4.59. The Morgan fingerprint density at radius 3 is 2.07 bits per heavy atom. The second-order valence-electron chi connectivity index (χ2n) is 6.35. The van der Waals surface area contributed by atoms with E-state index in [-0.39, 0.29) is 43.0 Å². The highest BCUT2D eigenvalue weighted by Gasteiger charge is 2.19. The Labute approximate surface area is 188 Å². The van der Waals surface area contributed by atoms with Gasteiger partial charge in [0.25, 0.3) is 0 Å². The summed E-state index contributed by atoms with van der Waals surface area (Å²) in [5.41, 5.74) is 3.09. The van der Waals surface area contributed by atoms with Gasteiger partial charge in [-0.15, -0.1) is 37.2 Å². The number of rotatable bonds is 4. The first-order chi connectivity index (χ1) is 12.8. The van der Waals surface area contributed by atoms with Crippen molar-refractivity contribution in [1.82, 2.24) is 19.9 Å². The van der Waals surface area contributed by atoms with Gasteiger partial charge in [-0.05, 0) is 41.5 Å². The molecule has 4 rings (SSSR count). The summed E-state index contributed by atoms with van der Waals surface area (Å²) in [5.74, 6) is 0.576. The van der Waals surface area contributed by atoms with Crippen molar-refractivity contribution >= 4 is 43.2 Å². The number of pyridine rings is 1. The van der Waals surface area contributed by atoms with E-state index in [0.717, 1.165) is 55.5 Å². The van der Waals surface area contributed by atoms with Crippen molar-refractivity contribution in [3.63, 3.8) is 0 Å². The van der Waals surface area contributed by atoms with E-state index < -0.39 is 0 Å². The zero-order valence-corrected chi connectivity index (χ0v) is 18.1. The Morgan fingerprint density at radius 1 is 0.759 bits per heavy atom. The van der Waals surface area contributed by atoms with E-state index in [4.69, 9.17) is 0 Å². The average Bonchev–Trinajstić information content (AvgIpc) is 2.70. The van der Waals surface area contributed by atoms with Gasteiger partial charge in [0.05, 0.1) is 5.69 Å². The second-order valence-corrected chi connectivity index (χ2v) is 6.35. The number of benzene rings is 1. The molecule has 1 aliphatic rings. The second kappa shape index (κ2) is 11.9. The summed E-state index contributed by atoms with van der Waals surface area (Å²) in [7, 11) is 0. The van der Waals surface area contributed by atoms with Crippen LogP contribution >= 0.6 is 37.2 Å². The van der Waals surface area contributed by atoms with Crippen molar-refractivity contribution in [2.45, 2.75) is 6.54 Å². The van der Waals surface area contributed by atoms with Gasteiger partial charge in [-0.3, -0.25) is 9.88 Å². The zero-order chi connectivity index (χ0) is 17.8. The van der Waals surface area contributed by atoms with Crippen molar-refractivity contribution in [1.29, 1.82) is 0 Å². The first kappa shape index (κ1) is 25.0. The molecule has 1 aliphatic heterocycles. The van der Waals surface area contributed by atoms with Gasteiger partial charge in [-0.25, -0.2) is 14.4 Å². The standard InChI is InChI=1S/C20H20FN5.3ClH/c21-18-4-2-16(3-5-18)17-6-9-22-19(14-17)15-25-10-12-26(13-11-25)20-23-7-1-8-24-20;;;/h1-9,14H,10-13,15H2;3*1H.